The number of hydrogen-bond acceptors (Lipinski definition) is 23. The molecule has 21 aliphatic rings. The van der Waals surface area contributed by atoms with E-state index in [2.05, 4.69) is 27.7 Å². The van der Waals surface area contributed by atoms with E-state index in [1.807, 2.05) is 96.9 Å². The standard InChI is InChI=1S/C30H46O5.C19H32O2.C16H22O6.C16H26O4.C14H26O2.C10H16O4.12CH4/c1-5-28(3,4)26(31)35-25-23-9-22-10-24(25)16-30(14-22,15-23)27(32)34-18(2)33-17-29-11-19-6-20(12-29)8-21(7-19)13-29;1-6-18(4,5)17(20)21-19(12(2)3)15-8-13-7-14(10-15)11-16(19)9-13;1-4-16(2,3)15(19)20-7-11(17)21-12-8-5-9-10(6-8)14(18)22-13(9)12;1-4-13(2,3)12(17)20-16-7-11-5-14(18,9-16)8-15(19,6-11)10-16;1-5-13(3,4)12(15)16-14(6-2)10-8-7-9-11-14;1-4-10(2,3)9(12)14-7-5-6-13-8(7)11;;;;;;;;;;;;/h18-25H,5-17H2,1-4H3;12-16H,6-11H2,1-5H3;8-10,12-13H,4-7H2,1-3H3;11,18-19H,4-10H2,1-3H3;5-11H2,1-4H3;7H,4-6H2,1-3H3;12*1H4. The van der Waals surface area contributed by atoms with Gasteiger partial charge in [-0.2, -0.15) is 0 Å². The van der Waals surface area contributed by atoms with Crippen LogP contribution in [0.2, 0.25) is 0 Å². The molecule has 0 aromatic heterocycles. The fraction of sp³-hybridized carbons (Fsp3) is 0.915. The molecule has 11 atom stereocenters. The summed E-state index contributed by atoms with van der Waals surface area (Å²) in [6.45, 7) is 44.1. The number of hydrogen-bond donors (Lipinski definition) is 2. The van der Waals surface area contributed by atoms with Crippen molar-refractivity contribution >= 4 is 59.7 Å². The molecule has 19 saturated carbocycles. The van der Waals surface area contributed by atoms with Gasteiger partial charge in [-0.3, -0.25) is 38.4 Å². The zero-order valence-electron chi connectivity index (χ0n) is 82.8. The van der Waals surface area contributed by atoms with Crippen LogP contribution in [-0.2, 0) is 100 Å². The Bertz CT molecular complexity index is 3870. The highest BCUT2D eigenvalue weighted by molar-refractivity contribution is 5.84. The first-order valence-electron chi connectivity index (χ1n) is 50.9. The predicted octanol–water partition coefficient (Wildman–Crippen LogP) is 27.7. The number of carbonyl (C=O) groups excluding carboxylic acids is 10. The molecule has 140 heavy (non-hydrogen) atoms. The van der Waals surface area contributed by atoms with Crippen molar-refractivity contribution in [1.82, 2.24) is 0 Å². The lowest BCUT2D eigenvalue weighted by Gasteiger charge is -2.62. The van der Waals surface area contributed by atoms with Crippen molar-refractivity contribution in [3.8, 4) is 0 Å². The van der Waals surface area contributed by atoms with Crippen molar-refractivity contribution < 1.29 is 110 Å². The fourth-order valence-electron chi connectivity index (χ4n) is 27.3. The van der Waals surface area contributed by atoms with Gasteiger partial charge in [0.1, 0.15) is 35.1 Å². The monoisotopic (exact) mass is 1990 g/mol. The molecule has 23 heteroatoms. The highest BCUT2D eigenvalue weighted by atomic mass is 16.7. The van der Waals surface area contributed by atoms with Gasteiger partial charge in [0.25, 0.3) is 0 Å². The largest absolute Gasteiger partial charge is 0.463 e. The smallest absolute Gasteiger partial charge is 0.347 e. The summed E-state index contributed by atoms with van der Waals surface area (Å²) in [5.74, 6) is 5.76. The normalized spacial score (nSPS) is 34.5. The first-order valence-corrected chi connectivity index (χ1v) is 50.9. The zero-order valence-corrected chi connectivity index (χ0v) is 82.8. The van der Waals surface area contributed by atoms with Gasteiger partial charge in [-0.1, -0.05) is 158 Å². The van der Waals surface area contributed by atoms with Crippen molar-refractivity contribution in [3.05, 3.63) is 0 Å². The summed E-state index contributed by atoms with van der Waals surface area (Å²) in [7, 11) is 0. The molecule has 0 radical (unpaired) electrons. The van der Waals surface area contributed by atoms with Gasteiger partial charge in [0, 0.05) is 37.5 Å². The van der Waals surface area contributed by atoms with Crippen molar-refractivity contribution in [2.45, 2.75) is 538 Å². The lowest BCUT2D eigenvalue weighted by molar-refractivity contribution is -0.264. The summed E-state index contributed by atoms with van der Waals surface area (Å²) in [6, 6.07) is 0. The number of ether oxygens (including phenoxy) is 11. The Morgan fingerprint density at radius 2 is 0.850 bits per heavy atom. The quantitative estimate of drug-likeness (QED) is 0.0438. The number of cyclic esters (lactones) is 1. The molecule has 11 unspecified atom stereocenters. The second-order valence-electron chi connectivity index (χ2n) is 48.7. The van der Waals surface area contributed by atoms with Crippen LogP contribution in [-0.4, -0.2) is 148 Å². The minimum atomic E-state index is -0.842. The number of fused-ring (bicyclic) bond motifs is 1. The van der Waals surface area contributed by atoms with Crippen LogP contribution >= 0.6 is 0 Å². The van der Waals surface area contributed by atoms with E-state index < -0.39 is 74.2 Å². The Labute approximate surface area is 855 Å². The van der Waals surface area contributed by atoms with Crippen LogP contribution in [0, 0.1) is 132 Å². The van der Waals surface area contributed by atoms with Gasteiger partial charge in [-0.25, -0.2) is 9.59 Å². The van der Waals surface area contributed by atoms with Gasteiger partial charge in [0.2, 0.25) is 6.10 Å². The summed E-state index contributed by atoms with van der Waals surface area (Å²) in [5, 5.41) is 21.3. The van der Waals surface area contributed by atoms with E-state index >= 15 is 0 Å². The molecule has 0 aromatic carbocycles. The fourth-order valence-corrected chi connectivity index (χ4v) is 27.3. The van der Waals surface area contributed by atoms with Gasteiger partial charge in [-0.15, -0.1) is 0 Å². The summed E-state index contributed by atoms with van der Waals surface area (Å²) in [4.78, 5) is 122. The van der Waals surface area contributed by atoms with Crippen LogP contribution in [0.4, 0.5) is 0 Å². The first kappa shape index (κ1) is 135. The zero-order chi connectivity index (χ0) is 93.9. The van der Waals surface area contributed by atoms with Crippen LogP contribution in [0.1, 0.15) is 479 Å². The van der Waals surface area contributed by atoms with Gasteiger partial charge >= 0.3 is 59.7 Å². The van der Waals surface area contributed by atoms with Crippen LogP contribution in [0.5, 0.6) is 0 Å². The molecular weight excluding hydrogens is 1770 g/mol. The Hall–Kier alpha value is -5.42. The van der Waals surface area contributed by atoms with Gasteiger partial charge in [-0.05, 0) is 372 Å². The third kappa shape index (κ3) is 29.2. The molecule has 2 saturated heterocycles. The Morgan fingerprint density at radius 3 is 1.29 bits per heavy atom. The van der Waals surface area contributed by atoms with Crippen LogP contribution in [0.15, 0.2) is 0 Å². The Balaban J connectivity index is 0.00000167. The number of aliphatic hydroxyl groups is 2. The van der Waals surface area contributed by atoms with Crippen molar-refractivity contribution in [3.63, 3.8) is 0 Å². The molecule has 18 bridgehead atoms. The molecule has 23 nitrogen and oxygen atoms in total. The summed E-state index contributed by atoms with van der Waals surface area (Å²) in [5.41, 5.74) is -5.50. The molecule has 822 valence electrons. The molecule has 21 fully saturated rings. The Kier molecular flexibility index (Phi) is 49.5. The molecule has 0 spiro atoms. The van der Waals surface area contributed by atoms with Gasteiger partial charge in [0.15, 0.2) is 12.9 Å². The highest BCUT2D eigenvalue weighted by Crippen LogP contribution is 2.66. The molecule has 2 N–H and O–H groups in total. The maximum absolute atomic E-state index is 13.6. The maximum Gasteiger partial charge on any atom is 0.347 e. The van der Waals surface area contributed by atoms with E-state index in [1.165, 1.54) is 89.9 Å². The molecule has 0 amide bonds. The van der Waals surface area contributed by atoms with E-state index in [4.69, 9.17) is 52.1 Å². The minimum absolute atomic E-state index is 0. The van der Waals surface area contributed by atoms with E-state index in [-0.39, 0.29) is 213 Å². The lowest BCUT2D eigenvalue weighted by atomic mass is 9.47. The summed E-state index contributed by atoms with van der Waals surface area (Å²) in [6.07, 6.45) is 34.7. The maximum atomic E-state index is 13.6. The SMILES string of the molecule is C.C.C.C.C.C.C.C.C.C.C.C.CCC(C)(C)C(=O)OC1(C(C)C)C2CC3CC(C2)CC1C3.CCC(C)(C)C(=O)OC12CC3CC(O)(CC(O)(C3)C1)C2.CCC(C)(C)C(=O)OC1C2CC3CC1CC(C(=O)OC(C)OCC14CC5CC(CC(C5)C1)C4)(C3)C2.CCC(C)(C)C(=O)OC1CCOC1=O.CCC(C)(C)C(=O)OCC(=O)OC1C2CC3C(=O)OC1C3C2.CCC1(OC(=O)C(C)(C)CC)CCCCC1. The molecule has 2 aliphatic heterocycles. The van der Waals surface area contributed by atoms with Crippen LogP contribution in [0.3, 0.4) is 0 Å². The van der Waals surface area contributed by atoms with Crippen molar-refractivity contribution in [1.29, 1.82) is 0 Å². The van der Waals surface area contributed by atoms with E-state index in [9.17, 15) is 58.2 Å². The topological polar surface area (TPSA) is 313 Å². The molecule has 0 aromatic rings. The summed E-state index contributed by atoms with van der Waals surface area (Å²) >= 11 is 0. The van der Waals surface area contributed by atoms with Gasteiger partial charge < -0.3 is 62.3 Å². The molecule has 2 heterocycles. The average molecular weight is 1990 g/mol. The van der Waals surface area contributed by atoms with Crippen LogP contribution in [0.25, 0.3) is 0 Å². The summed E-state index contributed by atoms with van der Waals surface area (Å²) < 4.78 is 62.1. The van der Waals surface area contributed by atoms with E-state index in [1.54, 1.807) is 27.7 Å². The van der Waals surface area contributed by atoms with E-state index in [0.717, 1.165) is 145 Å². The molecule has 21 rings (SSSR count). The highest BCUT2D eigenvalue weighted by Gasteiger charge is 2.68. The lowest BCUT2D eigenvalue weighted by Crippen LogP contribution is -2.67. The van der Waals surface area contributed by atoms with E-state index in [0.29, 0.717) is 74.2 Å². The van der Waals surface area contributed by atoms with Crippen LogP contribution < -0.4 is 0 Å². The average Bonchev–Trinajstić information content (AvgIpc) is 1.08. The first-order chi connectivity index (χ1) is 59.7. The van der Waals surface area contributed by atoms with Crippen molar-refractivity contribution in [2.24, 2.45) is 132 Å². The molecular formula is C117H216O23. The van der Waals surface area contributed by atoms with Gasteiger partial charge in [0.05, 0.1) is 68.2 Å². The Morgan fingerprint density at radius 1 is 0.421 bits per heavy atom. The number of carbonyl (C=O) groups is 10. The van der Waals surface area contributed by atoms with Crippen molar-refractivity contribution in [2.75, 3.05) is 19.8 Å². The second kappa shape index (κ2) is 51.5. The molecule has 19 aliphatic carbocycles. The third-order valence-corrected chi connectivity index (χ3v) is 36.3. The predicted molar refractivity (Wildman–Crippen MR) is 562 cm³/mol. The number of esters is 10. The number of rotatable bonds is 27. The second-order valence-corrected chi connectivity index (χ2v) is 48.7. The minimum Gasteiger partial charge on any atom is -0.463 e. The third-order valence-electron chi connectivity index (χ3n) is 36.3.